The number of benzene rings is 4. The second-order valence-electron chi connectivity index (χ2n) is 9.40. The highest BCUT2D eigenvalue weighted by Gasteiger charge is 2.18. The molecule has 0 aliphatic heterocycles. The van der Waals surface area contributed by atoms with Crippen LogP contribution >= 0.6 is 0 Å². The minimum absolute atomic E-state index is 0.115. The molecule has 0 aliphatic carbocycles. The lowest BCUT2D eigenvalue weighted by Gasteiger charge is -2.15. The predicted octanol–water partition coefficient (Wildman–Crippen LogP) is 3.66. The predicted molar refractivity (Wildman–Crippen MR) is 165 cm³/mol. The van der Waals surface area contributed by atoms with Crippen LogP contribution in [-0.2, 0) is 9.59 Å². The van der Waals surface area contributed by atoms with Gasteiger partial charge in [0.25, 0.3) is 0 Å². The zero-order valence-electron chi connectivity index (χ0n) is 23.1. The van der Waals surface area contributed by atoms with Crippen LogP contribution in [0.3, 0.4) is 0 Å². The van der Waals surface area contributed by atoms with Crippen LogP contribution in [0, 0.1) is 0 Å². The van der Waals surface area contributed by atoms with Crippen molar-refractivity contribution in [3.8, 4) is 0 Å². The van der Waals surface area contributed by atoms with Gasteiger partial charge in [-0.3, -0.25) is 19.6 Å². The maximum Gasteiger partial charge on any atom is 0.309 e. The maximum atomic E-state index is 12.4. The summed E-state index contributed by atoms with van der Waals surface area (Å²) in [6.45, 7) is 0.581. The Kier molecular flexibility index (Phi) is 11.3. The second kappa shape index (κ2) is 15.8. The van der Waals surface area contributed by atoms with E-state index in [1.165, 1.54) is 0 Å². The van der Waals surface area contributed by atoms with Gasteiger partial charge in [-0.25, -0.2) is 0 Å². The molecule has 214 valence electrons. The van der Waals surface area contributed by atoms with Gasteiger partial charge in [-0.15, -0.1) is 0 Å². The topological polar surface area (TPSA) is 123 Å². The standard InChI is InChI=1S/C34H34N4O4/c39-31(27-17-9-3-10-18-27)29(25-13-5-1-6-14-25)35-21-23-37-33(41)34(42)38-24-22-36-30(26-15-7-2-8-16-26)32(40)28-19-11-4-12-20-28/h1-20,31-32,39-40H,21-24H2,(H,37,41)(H,38,42). The number of carbonyl (C=O) groups excluding carboxylic acids is 2. The molecule has 0 spiro atoms. The monoisotopic (exact) mass is 562 g/mol. The van der Waals surface area contributed by atoms with Crippen LogP contribution in [0.1, 0.15) is 34.5 Å². The Hall–Kier alpha value is -4.92. The van der Waals surface area contributed by atoms with Gasteiger partial charge < -0.3 is 20.8 Å². The zero-order chi connectivity index (χ0) is 29.6. The van der Waals surface area contributed by atoms with Gasteiger partial charge in [0, 0.05) is 13.1 Å². The minimum Gasteiger partial charge on any atom is -0.382 e. The number of nitrogens with zero attached hydrogens (tertiary/aromatic N) is 2. The number of amides is 2. The lowest BCUT2D eigenvalue weighted by Crippen LogP contribution is -2.41. The Bertz CT molecular complexity index is 1360. The van der Waals surface area contributed by atoms with Gasteiger partial charge in [-0.05, 0) is 22.3 Å². The summed E-state index contributed by atoms with van der Waals surface area (Å²) in [7, 11) is 0. The molecule has 4 aromatic carbocycles. The molecule has 2 amide bonds. The van der Waals surface area contributed by atoms with Gasteiger partial charge in [0.2, 0.25) is 0 Å². The van der Waals surface area contributed by atoms with Crippen molar-refractivity contribution < 1.29 is 19.8 Å². The van der Waals surface area contributed by atoms with Crippen molar-refractivity contribution in [2.75, 3.05) is 26.2 Å². The Labute approximate surface area is 245 Å². The smallest absolute Gasteiger partial charge is 0.309 e. The molecule has 8 heteroatoms. The summed E-state index contributed by atoms with van der Waals surface area (Å²) in [6, 6.07) is 37.1. The number of hydrogen-bond donors (Lipinski definition) is 4. The van der Waals surface area contributed by atoms with Crippen LogP contribution in [0.5, 0.6) is 0 Å². The van der Waals surface area contributed by atoms with Crippen LogP contribution in [0.2, 0.25) is 0 Å². The lowest BCUT2D eigenvalue weighted by molar-refractivity contribution is -0.139. The molecule has 0 saturated carbocycles. The van der Waals surface area contributed by atoms with Gasteiger partial charge in [0.05, 0.1) is 24.5 Å². The fraction of sp³-hybridized carbons (Fsp3) is 0.176. The van der Waals surface area contributed by atoms with Crippen LogP contribution in [0.4, 0.5) is 0 Å². The molecule has 2 unspecified atom stereocenters. The number of aliphatic imine (C=N–C) groups is 2. The minimum atomic E-state index is -0.936. The second-order valence-corrected chi connectivity index (χ2v) is 9.40. The van der Waals surface area contributed by atoms with Crippen molar-refractivity contribution in [1.29, 1.82) is 0 Å². The Morgan fingerprint density at radius 3 is 1.17 bits per heavy atom. The van der Waals surface area contributed by atoms with Gasteiger partial charge in [-0.2, -0.15) is 0 Å². The highest BCUT2D eigenvalue weighted by Crippen LogP contribution is 2.20. The van der Waals surface area contributed by atoms with E-state index in [0.717, 1.165) is 11.1 Å². The van der Waals surface area contributed by atoms with Crippen molar-refractivity contribution in [2.24, 2.45) is 9.98 Å². The molecule has 0 saturated heterocycles. The molecule has 0 aromatic heterocycles. The quantitative estimate of drug-likeness (QED) is 0.120. The molecule has 0 aliphatic rings. The van der Waals surface area contributed by atoms with Gasteiger partial charge >= 0.3 is 11.8 Å². The fourth-order valence-corrected chi connectivity index (χ4v) is 4.33. The SMILES string of the molecule is O=C(NCCN=C(c1ccccc1)C(O)c1ccccc1)C(=O)NCCN=C(c1ccccc1)C(O)c1ccccc1. The molecule has 42 heavy (non-hydrogen) atoms. The Balaban J connectivity index is 1.30. The fourth-order valence-electron chi connectivity index (χ4n) is 4.33. The van der Waals surface area contributed by atoms with Crippen molar-refractivity contribution in [3.05, 3.63) is 144 Å². The van der Waals surface area contributed by atoms with E-state index in [4.69, 9.17) is 0 Å². The summed E-state index contributed by atoms with van der Waals surface area (Å²) in [5.41, 5.74) is 3.91. The summed E-state index contributed by atoms with van der Waals surface area (Å²) < 4.78 is 0. The molecule has 2 atom stereocenters. The van der Waals surface area contributed by atoms with Gasteiger partial charge in [0.15, 0.2) is 0 Å². The third-order valence-electron chi connectivity index (χ3n) is 6.45. The zero-order valence-corrected chi connectivity index (χ0v) is 23.1. The van der Waals surface area contributed by atoms with Crippen LogP contribution in [0.15, 0.2) is 131 Å². The van der Waals surface area contributed by atoms with Gasteiger partial charge in [0.1, 0.15) is 12.2 Å². The molecule has 0 heterocycles. The number of hydrogen-bond acceptors (Lipinski definition) is 6. The molecule has 0 bridgehead atoms. The lowest BCUT2D eigenvalue weighted by atomic mass is 9.99. The first-order chi connectivity index (χ1) is 20.5. The first kappa shape index (κ1) is 30.0. The van der Waals surface area contributed by atoms with Crippen LogP contribution < -0.4 is 10.6 Å². The van der Waals surface area contributed by atoms with Crippen molar-refractivity contribution in [1.82, 2.24) is 10.6 Å². The first-order valence-corrected chi connectivity index (χ1v) is 13.8. The van der Waals surface area contributed by atoms with E-state index >= 15 is 0 Å². The molecule has 4 N–H and O–H groups in total. The van der Waals surface area contributed by atoms with E-state index in [9.17, 15) is 19.8 Å². The molecule has 4 aromatic rings. The summed E-state index contributed by atoms with van der Waals surface area (Å²) in [5.74, 6) is -1.57. The number of aliphatic hydroxyl groups excluding tert-OH is 2. The van der Waals surface area contributed by atoms with Crippen molar-refractivity contribution in [2.45, 2.75) is 12.2 Å². The molecule has 0 fully saturated rings. The van der Waals surface area contributed by atoms with E-state index in [-0.39, 0.29) is 26.2 Å². The highest BCUT2D eigenvalue weighted by molar-refractivity contribution is 6.35. The van der Waals surface area contributed by atoms with E-state index < -0.39 is 24.0 Å². The summed E-state index contributed by atoms with van der Waals surface area (Å²) in [6.07, 6.45) is -1.87. The van der Waals surface area contributed by atoms with Crippen LogP contribution in [-0.4, -0.2) is 59.6 Å². The van der Waals surface area contributed by atoms with Gasteiger partial charge in [-0.1, -0.05) is 121 Å². The van der Waals surface area contributed by atoms with E-state index in [1.54, 1.807) is 0 Å². The molecular weight excluding hydrogens is 528 g/mol. The summed E-state index contributed by atoms with van der Waals surface area (Å²) >= 11 is 0. The molecule has 0 radical (unpaired) electrons. The number of nitrogens with one attached hydrogen (secondary N) is 2. The first-order valence-electron chi connectivity index (χ1n) is 13.8. The number of carbonyl (C=O) groups is 2. The maximum absolute atomic E-state index is 12.4. The van der Waals surface area contributed by atoms with Crippen LogP contribution in [0.25, 0.3) is 0 Å². The highest BCUT2D eigenvalue weighted by atomic mass is 16.3. The summed E-state index contributed by atoms with van der Waals surface area (Å²) in [4.78, 5) is 33.8. The number of aliphatic hydroxyl groups is 2. The average Bonchev–Trinajstić information content (AvgIpc) is 3.05. The Morgan fingerprint density at radius 2 is 0.833 bits per heavy atom. The van der Waals surface area contributed by atoms with Crippen molar-refractivity contribution >= 4 is 23.2 Å². The van der Waals surface area contributed by atoms with Crippen molar-refractivity contribution in [3.63, 3.8) is 0 Å². The molecular formula is C34H34N4O4. The third-order valence-corrected chi connectivity index (χ3v) is 6.45. The van der Waals surface area contributed by atoms with E-state index in [2.05, 4.69) is 20.6 Å². The largest absolute Gasteiger partial charge is 0.382 e. The molecule has 8 nitrogen and oxygen atoms in total. The third kappa shape index (κ3) is 8.54. The molecule has 4 rings (SSSR count). The normalized spacial score (nSPS) is 13.2. The van der Waals surface area contributed by atoms with E-state index in [0.29, 0.717) is 22.6 Å². The Morgan fingerprint density at radius 1 is 0.524 bits per heavy atom. The van der Waals surface area contributed by atoms with E-state index in [1.807, 2.05) is 121 Å². The number of rotatable bonds is 12. The average molecular weight is 563 g/mol. The summed E-state index contributed by atoms with van der Waals surface area (Å²) in [5, 5.41) is 27.0.